The second-order valence-electron chi connectivity index (χ2n) is 2.13. The summed E-state index contributed by atoms with van der Waals surface area (Å²) < 4.78 is 46.2. The quantitative estimate of drug-likeness (QED) is 0.493. The van der Waals surface area contributed by atoms with Crippen molar-refractivity contribution < 1.29 is 31.2 Å². The van der Waals surface area contributed by atoms with Crippen LogP contribution in [0.3, 0.4) is 0 Å². The van der Waals surface area contributed by atoms with Crippen LogP contribution >= 0.6 is 0 Å². The monoisotopic (exact) mass is 252 g/mol. The lowest BCUT2D eigenvalue weighted by molar-refractivity contribution is 0.338. The van der Waals surface area contributed by atoms with Gasteiger partial charge in [-0.05, 0) is 12.1 Å². The molecule has 0 saturated carbocycles. The molecule has 1 rings (SSSR count). The topological polar surface area (TPSA) is 121 Å². The van der Waals surface area contributed by atoms with E-state index in [9.17, 15) is 4.46 Å². The fourth-order valence-corrected chi connectivity index (χ4v) is 0.927. The third kappa shape index (κ3) is 12.7. The van der Waals surface area contributed by atoms with Crippen molar-refractivity contribution in [2.75, 3.05) is 0 Å². The first kappa shape index (κ1) is 13.7. The molecule has 0 aliphatic heterocycles. The van der Waals surface area contributed by atoms with Gasteiger partial charge in [-0.2, -0.15) is 8.42 Å². The molecule has 1 aromatic rings. The largest absolute Gasteiger partial charge is 0.770 e. The van der Waals surface area contributed by atoms with Crippen molar-refractivity contribution in [1.29, 1.82) is 0 Å². The van der Waals surface area contributed by atoms with E-state index < -0.39 is 19.6 Å². The SMILES string of the molecule is O=S(=O)(O)O.O=[Si](O)Oc1ccccc1. The zero-order valence-electron chi connectivity index (χ0n) is 7.27. The Bertz CT molecular complexity index is 393. The van der Waals surface area contributed by atoms with Crippen LogP contribution in [0.15, 0.2) is 30.3 Å². The van der Waals surface area contributed by atoms with Crippen molar-refractivity contribution in [2.24, 2.45) is 0 Å². The molecule has 7 nitrogen and oxygen atoms in total. The standard InChI is InChI=1S/C6H6O3Si.H2O4S/c7-10(8)9-6-4-2-1-3-5-6;1-5(2,3)4/h1-5,7H;(H2,1,2,3,4). The van der Waals surface area contributed by atoms with Gasteiger partial charge in [0.1, 0.15) is 5.75 Å². The molecule has 84 valence electrons. The zero-order chi connectivity index (χ0) is 11.9. The molecule has 0 unspecified atom stereocenters. The average molecular weight is 252 g/mol. The van der Waals surface area contributed by atoms with Crippen molar-refractivity contribution >= 4 is 19.6 Å². The zero-order valence-corrected chi connectivity index (χ0v) is 9.09. The van der Waals surface area contributed by atoms with Gasteiger partial charge in [-0.15, -0.1) is 0 Å². The Kier molecular flexibility index (Phi) is 5.70. The van der Waals surface area contributed by atoms with E-state index in [2.05, 4.69) is 4.43 Å². The van der Waals surface area contributed by atoms with Crippen molar-refractivity contribution in [1.82, 2.24) is 0 Å². The third-order valence-electron chi connectivity index (χ3n) is 0.948. The van der Waals surface area contributed by atoms with Gasteiger partial charge >= 0.3 is 19.6 Å². The van der Waals surface area contributed by atoms with Crippen LogP contribution < -0.4 is 4.43 Å². The van der Waals surface area contributed by atoms with E-state index in [1.165, 1.54) is 0 Å². The maximum absolute atomic E-state index is 10.1. The third-order valence-corrected chi connectivity index (χ3v) is 1.36. The van der Waals surface area contributed by atoms with Crippen LogP contribution in [0.25, 0.3) is 0 Å². The molecule has 0 heterocycles. The highest BCUT2D eigenvalue weighted by atomic mass is 32.3. The van der Waals surface area contributed by atoms with Gasteiger partial charge in [-0.25, -0.2) is 0 Å². The van der Waals surface area contributed by atoms with Crippen LogP contribution in [-0.2, 0) is 14.9 Å². The second-order valence-corrected chi connectivity index (χ2v) is 3.76. The Morgan fingerprint density at radius 1 is 1.13 bits per heavy atom. The minimum atomic E-state index is -4.67. The van der Waals surface area contributed by atoms with Crippen LogP contribution in [0.2, 0.25) is 0 Å². The molecule has 0 aliphatic carbocycles. The number of hydrogen-bond donors (Lipinski definition) is 3. The summed E-state index contributed by atoms with van der Waals surface area (Å²) in [7, 11) is -7.50. The summed E-state index contributed by atoms with van der Waals surface area (Å²) in [5, 5.41) is 0. The molecule has 3 N–H and O–H groups in total. The van der Waals surface area contributed by atoms with E-state index in [4.69, 9.17) is 22.3 Å². The summed E-state index contributed by atoms with van der Waals surface area (Å²) >= 11 is 0. The van der Waals surface area contributed by atoms with E-state index >= 15 is 0 Å². The maximum atomic E-state index is 10.1. The molecule has 0 aromatic heterocycles. The Balaban J connectivity index is 0.000000336. The molecule has 0 atom stereocenters. The van der Waals surface area contributed by atoms with E-state index in [0.717, 1.165) is 0 Å². The van der Waals surface area contributed by atoms with Crippen LogP contribution in [0, 0.1) is 0 Å². The highest BCUT2D eigenvalue weighted by Crippen LogP contribution is 2.06. The van der Waals surface area contributed by atoms with Gasteiger partial charge in [-0.3, -0.25) is 13.6 Å². The molecule has 0 spiro atoms. The van der Waals surface area contributed by atoms with Gasteiger partial charge < -0.3 is 9.22 Å². The Morgan fingerprint density at radius 2 is 1.53 bits per heavy atom. The fourth-order valence-electron chi connectivity index (χ4n) is 0.589. The van der Waals surface area contributed by atoms with Gasteiger partial charge in [-0.1, -0.05) is 18.2 Å². The highest BCUT2D eigenvalue weighted by Gasteiger charge is 2.03. The average Bonchev–Trinajstić information content (AvgIpc) is 2.01. The minimum Gasteiger partial charge on any atom is -0.511 e. The number of rotatable bonds is 2. The van der Waals surface area contributed by atoms with Crippen molar-refractivity contribution in [3.05, 3.63) is 30.3 Å². The van der Waals surface area contributed by atoms with Gasteiger partial charge in [0.05, 0.1) is 0 Å². The van der Waals surface area contributed by atoms with Crippen molar-refractivity contribution in [2.45, 2.75) is 0 Å². The summed E-state index contributed by atoms with van der Waals surface area (Å²) in [4.78, 5) is 8.33. The summed E-state index contributed by atoms with van der Waals surface area (Å²) in [6.07, 6.45) is 0. The summed E-state index contributed by atoms with van der Waals surface area (Å²) in [6.45, 7) is 0. The van der Waals surface area contributed by atoms with Gasteiger partial charge in [0.2, 0.25) is 0 Å². The van der Waals surface area contributed by atoms with Crippen LogP contribution in [-0.4, -0.2) is 31.5 Å². The molecule has 15 heavy (non-hydrogen) atoms. The molecule has 0 aliphatic rings. The minimum absolute atomic E-state index is 0.425. The number of benzene rings is 1. The first-order chi connectivity index (χ1) is 6.79. The van der Waals surface area contributed by atoms with Gasteiger partial charge in [0.15, 0.2) is 0 Å². The Hall–Kier alpha value is -1.29. The van der Waals surface area contributed by atoms with Crippen molar-refractivity contribution in [3.8, 4) is 5.75 Å². The fraction of sp³-hybridized carbons (Fsp3) is 0. The Morgan fingerprint density at radius 3 is 1.87 bits per heavy atom. The summed E-state index contributed by atoms with van der Waals surface area (Å²) in [6, 6.07) is 8.53. The van der Waals surface area contributed by atoms with Crippen molar-refractivity contribution in [3.63, 3.8) is 0 Å². The summed E-state index contributed by atoms with van der Waals surface area (Å²) in [5.74, 6) is 0.425. The first-order valence-electron chi connectivity index (χ1n) is 3.45. The highest BCUT2D eigenvalue weighted by molar-refractivity contribution is 7.79. The predicted molar refractivity (Wildman–Crippen MR) is 49.9 cm³/mol. The number of para-hydroxylation sites is 1. The van der Waals surface area contributed by atoms with Crippen LogP contribution in [0.1, 0.15) is 0 Å². The molecule has 0 saturated heterocycles. The molecule has 9 heteroatoms. The molecule has 0 bridgehead atoms. The molecule has 0 fully saturated rings. The smallest absolute Gasteiger partial charge is 0.511 e. The molecular weight excluding hydrogens is 244 g/mol. The molecule has 0 radical (unpaired) electrons. The lowest BCUT2D eigenvalue weighted by Crippen LogP contribution is -2.08. The normalized spacial score (nSPS) is 9.73. The van der Waals surface area contributed by atoms with E-state index in [1.54, 1.807) is 30.3 Å². The van der Waals surface area contributed by atoms with E-state index in [-0.39, 0.29) is 0 Å². The summed E-state index contributed by atoms with van der Waals surface area (Å²) in [5.41, 5.74) is 0. The lowest BCUT2D eigenvalue weighted by Gasteiger charge is -1.95. The molecular formula is C6H8O7SSi. The van der Waals surface area contributed by atoms with E-state index in [1.807, 2.05) is 0 Å². The maximum Gasteiger partial charge on any atom is 0.770 e. The van der Waals surface area contributed by atoms with Gasteiger partial charge in [0, 0.05) is 0 Å². The van der Waals surface area contributed by atoms with Crippen LogP contribution in [0.5, 0.6) is 5.75 Å². The van der Waals surface area contributed by atoms with Crippen LogP contribution in [0.4, 0.5) is 0 Å². The second kappa shape index (κ2) is 6.24. The van der Waals surface area contributed by atoms with E-state index in [0.29, 0.717) is 5.75 Å². The van der Waals surface area contributed by atoms with Gasteiger partial charge in [0.25, 0.3) is 0 Å². The number of hydrogen-bond acceptors (Lipinski definition) is 4. The predicted octanol–water partition coefficient (Wildman–Crippen LogP) is -0.180. The molecule has 0 amide bonds. The Labute approximate surface area is 87.4 Å². The first-order valence-corrected chi connectivity index (χ1v) is 6.11. The lowest BCUT2D eigenvalue weighted by atomic mass is 10.3. The molecule has 1 aromatic carbocycles.